The zero-order valence-corrected chi connectivity index (χ0v) is 16.1. The average Bonchev–Trinajstić information content (AvgIpc) is 3.34. The summed E-state index contributed by atoms with van der Waals surface area (Å²) in [6.07, 6.45) is 1.72. The molecule has 1 saturated heterocycles. The van der Waals surface area contributed by atoms with E-state index in [2.05, 4.69) is 0 Å². The Morgan fingerprint density at radius 1 is 1.36 bits per heavy atom. The normalized spacial score (nSPS) is 16.5. The minimum atomic E-state index is -0.517. The van der Waals surface area contributed by atoms with Crippen LogP contribution < -0.4 is 4.74 Å². The van der Waals surface area contributed by atoms with E-state index in [1.165, 1.54) is 12.1 Å². The lowest BCUT2D eigenvalue weighted by Gasteiger charge is -2.23. The number of amides is 1. The van der Waals surface area contributed by atoms with Gasteiger partial charge in [-0.25, -0.2) is 4.98 Å². The number of para-hydroxylation sites is 1. The van der Waals surface area contributed by atoms with Crippen LogP contribution in [0.4, 0.5) is 5.69 Å². The number of fused-ring (bicyclic) bond motifs is 1. The molecular weight excluding hydrogens is 378 g/mol. The maximum atomic E-state index is 13.1. The van der Waals surface area contributed by atoms with Crippen LogP contribution in [0.25, 0.3) is 10.2 Å². The molecule has 0 aliphatic carbocycles. The molecule has 1 atom stereocenters. The van der Waals surface area contributed by atoms with Gasteiger partial charge in [0.15, 0.2) is 5.75 Å². The minimum Gasteiger partial charge on any atom is -0.487 e. The van der Waals surface area contributed by atoms with Crippen LogP contribution in [0.3, 0.4) is 0 Å². The number of nitro groups is 1. The number of carbonyl (C=O) groups excluding carboxylic acids is 1. The fraction of sp³-hybridized carbons (Fsp3) is 0.300. The Labute approximate surface area is 165 Å². The number of carbonyl (C=O) groups is 1. The van der Waals surface area contributed by atoms with Gasteiger partial charge in [-0.15, -0.1) is 11.3 Å². The Kier molecular flexibility index (Phi) is 4.95. The van der Waals surface area contributed by atoms with Crippen LogP contribution in [0.5, 0.6) is 5.75 Å². The van der Waals surface area contributed by atoms with E-state index >= 15 is 0 Å². The van der Waals surface area contributed by atoms with Crippen LogP contribution in [-0.2, 0) is 0 Å². The van der Waals surface area contributed by atoms with E-state index in [-0.39, 0.29) is 23.4 Å². The van der Waals surface area contributed by atoms with Crippen LogP contribution in [0, 0.1) is 10.1 Å². The molecule has 28 heavy (non-hydrogen) atoms. The third-order valence-electron chi connectivity index (χ3n) is 4.81. The van der Waals surface area contributed by atoms with E-state index < -0.39 is 4.92 Å². The number of rotatable bonds is 5. The Balaban J connectivity index is 1.65. The lowest BCUT2D eigenvalue weighted by Crippen LogP contribution is -2.30. The van der Waals surface area contributed by atoms with Crippen LogP contribution in [0.15, 0.2) is 42.5 Å². The van der Waals surface area contributed by atoms with Crippen molar-refractivity contribution in [2.45, 2.75) is 25.8 Å². The molecule has 144 valence electrons. The lowest BCUT2D eigenvalue weighted by atomic mass is 10.1. The van der Waals surface area contributed by atoms with E-state index in [4.69, 9.17) is 9.72 Å². The van der Waals surface area contributed by atoms with E-state index in [1.807, 2.05) is 24.3 Å². The third-order valence-corrected chi connectivity index (χ3v) is 5.95. The number of hydrogen-bond donors (Lipinski definition) is 0. The zero-order valence-electron chi connectivity index (χ0n) is 15.3. The quantitative estimate of drug-likeness (QED) is 0.465. The molecule has 1 aliphatic heterocycles. The van der Waals surface area contributed by atoms with Gasteiger partial charge < -0.3 is 9.64 Å². The van der Waals surface area contributed by atoms with Gasteiger partial charge in [0, 0.05) is 18.2 Å². The fourth-order valence-corrected chi connectivity index (χ4v) is 4.65. The molecule has 0 spiro atoms. The molecule has 0 bridgehead atoms. The molecule has 2 aromatic carbocycles. The van der Waals surface area contributed by atoms with Crippen molar-refractivity contribution in [2.24, 2.45) is 0 Å². The maximum Gasteiger partial charge on any atom is 0.311 e. The summed E-state index contributed by atoms with van der Waals surface area (Å²) < 4.78 is 6.40. The van der Waals surface area contributed by atoms with Gasteiger partial charge in [-0.3, -0.25) is 14.9 Å². The number of hydrogen-bond acceptors (Lipinski definition) is 6. The molecule has 1 aliphatic rings. The highest BCUT2D eigenvalue weighted by Gasteiger charge is 2.33. The topological polar surface area (TPSA) is 85.6 Å². The molecule has 1 unspecified atom stereocenters. The van der Waals surface area contributed by atoms with Gasteiger partial charge in [0.2, 0.25) is 0 Å². The molecule has 2 heterocycles. The number of nitro benzene ring substituents is 1. The van der Waals surface area contributed by atoms with E-state index in [1.54, 1.807) is 29.2 Å². The highest BCUT2D eigenvalue weighted by atomic mass is 32.1. The van der Waals surface area contributed by atoms with E-state index in [9.17, 15) is 14.9 Å². The average molecular weight is 397 g/mol. The first kappa shape index (κ1) is 18.4. The van der Waals surface area contributed by atoms with Gasteiger partial charge >= 0.3 is 5.69 Å². The van der Waals surface area contributed by atoms with E-state index in [0.717, 1.165) is 28.1 Å². The van der Waals surface area contributed by atoms with Gasteiger partial charge in [-0.1, -0.05) is 12.1 Å². The second-order valence-corrected chi connectivity index (χ2v) is 7.61. The smallest absolute Gasteiger partial charge is 0.311 e. The predicted molar refractivity (Wildman–Crippen MR) is 107 cm³/mol. The van der Waals surface area contributed by atoms with Gasteiger partial charge in [0.1, 0.15) is 5.01 Å². The van der Waals surface area contributed by atoms with Crippen LogP contribution in [0.2, 0.25) is 0 Å². The first-order chi connectivity index (χ1) is 13.6. The highest BCUT2D eigenvalue weighted by Crippen LogP contribution is 2.38. The Bertz CT molecular complexity index is 1020. The SMILES string of the molecule is CCOc1ccc(C(=O)N2CCCC2c2nc3ccccc3s2)cc1[N+](=O)[O-]. The minimum absolute atomic E-state index is 0.101. The first-order valence-electron chi connectivity index (χ1n) is 9.16. The molecule has 0 N–H and O–H groups in total. The third kappa shape index (κ3) is 3.31. The molecule has 0 radical (unpaired) electrons. The van der Waals surface area contributed by atoms with Crippen molar-refractivity contribution in [2.75, 3.05) is 13.2 Å². The Morgan fingerprint density at radius 3 is 2.93 bits per heavy atom. The van der Waals surface area contributed by atoms with Gasteiger partial charge in [0.05, 0.1) is 27.8 Å². The number of likely N-dealkylation sites (tertiary alicyclic amines) is 1. The standard InChI is InChI=1S/C20H19N3O4S/c1-2-27-17-10-9-13(12-16(17)23(25)26)20(24)22-11-5-7-15(22)19-21-14-6-3-4-8-18(14)28-19/h3-4,6,8-10,12,15H,2,5,7,11H2,1H3. The molecule has 0 saturated carbocycles. The number of aromatic nitrogens is 1. The predicted octanol–water partition coefficient (Wildman–Crippen LogP) is 4.58. The molecular formula is C20H19N3O4S. The summed E-state index contributed by atoms with van der Waals surface area (Å²) in [6.45, 7) is 2.69. The van der Waals surface area contributed by atoms with Crippen LogP contribution >= 0.6 is 11.3 Å². The zero-order chi connectivity index (χ0) is 19.7. The number of benzene rings is 2. The Morgan fingerprint density at radius 2 is 2.18 bits per heavy atom. The molecule has 7 nitrogen and oxygen atoms in total. The van der Waals surface area contributed by atoms with Gasteiger partial charge in [0.25, 0.3) is 5.91 Å². The maximum absolute atomic E-state index is 13.1. The molecule has 1 aromatic heterocycles. The highest BCUT2D eigenvalue weighted by molar-refractivity contribution is 7.18. The van der Waals surface area contributed by atoms with Gasteiger partial charge in [-0.2, -0.15) is 0 Å². The van der Waals surface area contributed by atoms with Gasteiger partial charge in [-0.05, 0) is 44.0 Å². The summed E-state index contributed by atoms with van der Waals surface area (Å²) in [5, 5.41) is 12.3. The van der Waals surface area contributed by atoms with Crippen molar-refractivity contribution in [1.82, 2.24) is 9.88 Å². The molecule has 3 aromatic rings. The van der Waals surface area contributed by atoms with Crippen molar-refractivity contribution < 1.29 is 14.5 Å². The summed E-state index contributed by atoms with van der Waals surface area (Å²) in [5.74, 6) is -0.0406. The van der Waals surface area contributed by atoms with Crippen molar-refractivity contribution in [1.29, 1.82) is 0 Å². The van der Waals surface area contributed by atoms with Crippen LogP contribution in [0.1, 0.15) is 41.2 Å². The van der Waals surface area contributed by atoms with Crippen LogP contribution in [-0.4, -0.2) is 33.9 Å². The molecule has 1 fully saturated rings. The second kappa shape index (κ2) is 7.55. The van der Waals surface area contributed by atoms with Crippen molar-refractivity contribution in [3.05, 3.63) is 63.1 Å². The Hall–Kier alpha value is -3.00. The molecule has 8 heteroatoms. The summed E-state index contributed by atoms with van der Waals surface area (Å²) in [5.41, 5.74) is 1.03. The number of nitrogens with zero attached hydrogens (tertiary/aromatic N) is 3. The fourth-order valence-electron chi connectivity index (χ4n) is 3.54. The van der Waals surface area contributed by atoms with Crippen molar-refractivity contribution >= 4 is 33.1 Å². The van der Waals surface area contributed by atoms with E-state index in [0.29, 0.717) is 18.7 Å². The molecule has 1 amide bonds. The van der Waals surface area contributed by atoms with Crippen molar-refractivity contribution in [3.63, 3.8) is 0 Å². The summed E-state index contributed by atoms with van der Waals surface area (Å²) >= 11 is 1.59. The molecule has 4 rings (SSSR count). The summed E-state index contributed by atoms with van der Waals surface area (Å²) in [7, 11) is 0. The first-order valence-corrected chi connectivity index (χ1v) is 9.98. The lowest BCUT2D eigenvalue weighted by molar-refractivity contribution is -0.385. The monoisotopic (exact) mass is 397 g/mol. The summed E-state index contributed by atoms with van der Waals surface area (Å²) in [4.78, 5) is 30.5. The number of thiazole rings is 1. The van der Waals surface area contributed by atoms with Crippen molar-refractivity contribution in [3.8, 4) is 5.75 Å². The number of ether oxygens (including phenoxy) is 1. The largest absolute Gasteiger partial charge is 0.487 e. The summed E-state index contributed by atoms with van der Waals surface area (Å²) in [6, 6.07) is 12.2. The second-order valence-electron chi connectivity index (χ2n) is 6.55.